The van der Waals surface area contributed by atoms with Crippen LogP contribution < -0.4 is 0 Å². The Kier molecular flexibility index (Phi) is 2.15. The first-order chi connectivity index (χ1) is 7.09. The van der Waals surface area contributed by atoms with Crippen LogP contribution in [0.1, 0.15) is 22.0 Å². The highest BCUT2D eigenvalue weighted by Crippen LogP contribution is 2.07. The lowest BCUT2D eigenvalue weighted by atomic mass is 10.2. The molecule has 0 radical (unpaired) electrons. The first kappa shape index (κ1) is 9.64. The molecule has 2 aromatic heterocycles. The van der Waals surface area contributed by atoms with Crippen molar-refractivity contribution in [3.8, 4) is 0 Å². The first-order valence-corrected chi connectivity index (χ1v) is 4.62. The van der Waals surface area contributed by atoms with Gasteiger partial charge in [-0.1, -0.05) is 0 Å². The van der Waals surface area contributed by atoms with Gasteiger partial charge in [-0.2, -0.15) is 5.10 Å². The molecule has 0 saturated carbocycles. The van der Waals surface area contributed by atoms with Crippen LogP contribution in [-0.2, 0) is 14.1 Å². The van der Waals surface area contributed by atoms with Crippen molar-refractivity contribution in [1.82, 2.24) is 19.3 Å². The Bertz CT molecular complexity index is 490. The van der Waals surface area contributed by atoms with E-state index in [0.29, 0.717) is 11.5 Å². The number of rotatable bonds is 2. The minimum absolute atomic E-state index is 0.147. The predicted molar refractivity (Wildman–Crippen MR) is 54.6 cm³/mol. The SMILES string of the molecule is Cc1cc(C(=O)c2nccn2C)nn1C. The van der Waals surface area contributed by atoms with Crippen LogP contribution in [0, 0.1) is 6.92 Å². The van der Waals surface area contributed by atoms with E-state index in [-0.39, 0.29) is 5.78 Å². The van der Waals surface area contributed by atoms with Crippen LogP contribution in [-0.4, -0.2) is 25.1 Å². The summed E-state index contributed by atoms with van der Waals surface area (Å²) in [6.07, 6.45) is 3.34. The van der Waals surface area contributed by atoms with Crippen LogP contribution in [0.5, 0.6) is 0 Å². The van der Waals surface area contributed by atoms with E-state index in [9.17, 15) is 4.79 Å². The third kappa shape index (κ3) is 1.56. The van der Waals surface area contributed by atoms with E-state index >= 15 is 0 Å². The average molecular weight is 204 g/mol. The van der Waals surface area contributed by atoms with Gasteiger partial charge in [-0.25, -0.2) is 4.98 Å². The van der Waals surface area contributed by atoms with Gasteiger partial charge in [-0.15, -0.1) is 0 Å². The Balaban J connectivity index is 2.41. The van der Waals surface area contributed by atoms with Gasteiger partial charge in [0.2, 0.25) is 5.78 Å². The van der Waals surface area contributed by atoms with Gasteiger partial charge in [-0.05, 0) is 13.0 Å². The van der Waals surface area contributed by atoms with Crippen molar-refractivity contribution in [2.75, 3.05) is 0 Å². The molecular formula is C10H12N4O. The lowest BCUT2D eigenvalue weighted by molar-refractivity contribution is 0.102. The topological polar surface area (TPSA) is 52.7 Å². The molecule has 0 aliphatic heterocycles. The predicted octanol–water partition coefficient (Wildman–Crippen LogP) is 0.693. The van der Waals surface area contributed by atoms with E-state index in [1.165, 1.54) is 0 Å². The molecule has 2 heterocycles. The number of aryl methyl sites for hydroxylation is 3. The van der Waals surface area contributed by atoms with E-state index in [1.807, 2.05) is 14.0 Å². The lowest BCUT2D eigenvalue weighted by Crippen LogP contribution is -2.09. The molecule has 78 valence electrons. The third-order valence-electron chi connectivity index (χ3n) is 2.37. The van der Waals surface area contributed by atoms with Gasteiger partial charge in [0.25, 0.3) is 0 Å². The largest absolute Gasteiger partial charge is 0.331 e. The number of nitrogens with zero attached hydrogens (tertiary/aromatic N) is 4. The fourth-order valence-corrected chi connectivity index (χ4v) is 1.37. The van der Waals surface area contributed by atoms with Gasteiger partial charge >= 0.3 is 0 Å². The highest BCUT2D eigenvalue weighted by atomic mass is 16.1. The maximum atomic E-state index is 11.9. The number of carbonyl (C=O) groups is 1. The highest BCUT2D eigenvalue weighted by molar-refractivity contribution is 6.05. The van der Waals surface area contributed by atoms with Crippen LogP contribution in [0.15, 0.2) is 18.5 Å². The molecule has 2 aromatic rings. The fourth-order valence-electron chi connectivity index (χ4n) is 1.37. The highest BCUT2D eigenvalue weighted by Gasteiger charge is 2.16. The Morgan fingerprint density at radius 3 is 2.60 bits per heavy atom. The fraction of sp³-hybridized carbons (Fsp3) is 0.300. The van der Waals surface area contributed by atoms with E-state index in [1.54, 1.807) is 34.8 Å². The van der Waals surface area contributed by atoms with Crippen molar-refractivity contribution in [3.05, 3.63) is 35.7 Å². The summed E-state index contributed by atoms with van der Waals surface area (Å²) in [6, 6.07) is 1.76. The van der Waals surface area contributed by atoms with E-state index in [4.69, 9.17) is 0 Å². The van der Waals surface area contributed by atoms with Gasteiger partial charge in [0.15, 0.2) is 5.82 Å². The third-order valence-corrected chi connectivity index (χ3v) is 2.37. The molecule has 2 rings (SSSR count). The van der Waals surface area contributed by atoms with Crippen LogP contribution in [0.3, 0.4) is 0 Å². The molecule has 0 amide bonds. The lowest BCUT2D eigenvalue weighted by Gasteiger charge is -1.96. The molecule has 0 aromatic carbocycles. The summed E-state index contributed by atoms with van der Waals surface area (Å²) in [5.74, 6) is 0.263. The molecule has 0 bridgehead atoms. The summed E-state index contributed by atoms with van der Waals surface area (Å²) >= 11 is 0. The molecule has 15 heavy (non-hydrogen) atoms. The number of aromatic nitrogens is 4. The smallest absolute Gasteiger partial charge is 0.248 e. The summed E-state index contributed by atoms with van der Waals surface area (Å²) in [6.45, 7) is 1.90. The summed E-state index contributed by atoms with van der Waals surface area (Å²) in [5, 5.41) is 4.12. The normalized spacial score (nSPS) is 10.6. The minimum Gasteiger partial charge on any atom is -0.331 e. The molecular weight excluding hydrogens is 192 g/mol. The van der Waals surface area contributed by atoms with Crippen molar-refractivity contribution in [3.63, 3.8) is 0 Å². The number of hydrogen-bond acceptors (Lipinski definition) is 3. The minimum atomic E-state index is -0.147. The summed E-state index contributed by atoms with van der Waals surface area (Å²) in [5.41, 5.74) is 1.39. The van der Waals surface area contributed by atoms with Crippen molar-refractivity contribution in [2.45, 2.75) is 6.92 Å². The molecule has 0 N–H and O–H groups in total. The van der Waals surface area contributed by atoms with Crippen LogP contribution >= 0.6 is 0 Å². The molecule has 0 aliphatic carbocycles. The summed E-state index contributed by atoms with van der Waals surface area (Å²) < 4.78 is 3.36. The van der Waals surface area contributed by atoms with Gasteiger partial charge in [0.05, 0.1) is 0 Å². The number of ketones is 1. The molecule has 0 aliphatic rings. The number of imidazole rings is 1. The van der Waals surface area contributed by atoms with Gasteiger partial charge in [-0.3, -0.25) is 9.48 Å². The second-order valence-electron chi connectivity index (χ2n) is 3.49. The molecule has 5 heteroatoms. The zero-order chi connectivity index (χ0) is 11.0. The molecule has 0 unspecified atom stereocenters. The number of carbonyl (C=O) groups excluding carboxylic acids is 1. The van der Waals surface area contributed by atoms with Crippen molar-refractivity contribution in [2.24, 2.45) is 14.1 Å². The quantitative estimate of drug-likeness (QED) is 0.676. The molecule has 0 atom stereocenters. The summed E-state index contributed by atoms with van der Waals surface area (Å²) in [4.78, 5) is 15.9. The maximum Gasteiger partial charge on any atom is 0.248 e. The van der Waals surface area contributed by atoms with Crippen molar-refractivity contribution in [1.29, 1.82) is 0 Å². The second kappa shape index (κ2) is 3.34. The van der Waals surface area contributed by atoms with E-state index in [2.05, 4.69) is 10.1 Å². The molecule has 5 nitrogen and oxygen atoms in total. The van der Waals surface area contributed by atoms with E-state index < -0.39 is 0 Å². The number of hydrogen-bond donors (Lipinski definition) is 0. The van der Waals surface area contributed by atoms with Crippen LogP contribution in [0.2, 0.25) is 0 Å². The Labute approximate surface area is 87.4 Å². The van der Waals surface area contributed by atoms with Crippen LogP contribution in [0.4, 0.5) is 0 Å². The Morgan fingerprint density at radius 2 is 2.13 bits per heavy atom. The standard InChI is InChI=1S/C10H12N4O/c1-7-6-8(12-14(7)3)9(15)10-11-4-5-13(10)2/h4-6H,1-3H3. The summed E-state index contributed by atoms with van der Waals surface area (Å²) in [7, 11) is 3.60. The van der Waals surface area contributed by atoms with Gasteiger partial charge < -0.3 is 4.57 Å². The van der Waals surface area contributed by atoms with Gasteiger partial charge in [0, 0.05) is 32.2 Å². The van der Waals surface area contributed by atoms with Crippen molar-refractivity contribution < 1.29 is 4.79 Å². The average Bonchev–Trinajstić information content (AvgIpc) is 2.74. The monoisotopic (exact) mass is 204 g/mol. The molecule has 0 saturated heterocycles. The molecule has 0 spiro atoms. The maximum absolute atomic E-state index is 11.9. The van der Waals surface area contributed by atoms with E-state index in [0.717, 1.165) is 5.69 Å². The zero-order valence-corrected chi connectivity index (χ0v) is 8.93. The van der Waals surface area contributed by atoms with Crippen LogP contribution in [0.25, 0.3) is 0 Å². The Morgan fingerprint density at radius 1 is 1.40 bits per heavy atom. The molecule has 0 fully saturated rings. The zero-order valence-electron chi connectivity index (χ0n) is 8.93. The van der Waals surface area contributed by atoms with Gasteiger partial charge in [0.1, 0.15) is 5.69 Å². The Hall–Kier alpha value is -1.91. The first-order valence-electron chi connectivity index (χ1n) is 4.62. The van der Waals surface area contributed by atoms with Crippen molar-refractivity contribution >= 4 is 5.78 Å². The second-order valence-corrected chi connectivity index (χ2v) is 3.49.